The predicted molar refractivity (Wildman–Crippen MR) is 136 cm³/mol. The molecule has 3 N–H and O–H groups in total. The number of ether oxygens (including phenoxy) is 1. The molecule has 1 saturated heterocycles. The lowest BCUT2D eigenvalue weighted by Gasteiger charge is -2.68. The van der Waals surface area contributed by atoms with Crippen LogP contribution in [0.2, 0.25) is 0 Å². The first-order valence-corrected chi connectivity index (χ1v) is 14.0. The van der Waals surface area contributed by atoms with Crippen LogP contribution in [-0.2, 0) is 9.53 Å². The van der Waals surface area contributed by atoms with Crippen LogP contribution in [0.25, 0.3) is 0 Å². The van der Waals surface area contributed by atoms with E-state index in [1.165, 1.54) is 11.1 Å². The van der Waals surface area contributed by atoms with Crippen LogP contribution in [0.5, 0.6) is 0 Å². The Kier molecular flexibility index (Phi) is 5.65. The van der Waals surface area contributed by atoms with Crippen molar-refractivity contribution in [1.82, 2.24) is 0 Å². The number of hydrogen-bond acceptors (Lipinski definition) is 5. The van der Waals surface area contributed by atoms with Crippen LogP contribution in [0, 0.1) is 39.4 Å². The van der Waals surface area contributed by atoms with Crippen LogP contribution in [-0.4, -0.2) is 51.1 Å². The number of Topliss-reactive ketones (excluding diaryl/α,β-unsaturated/α-hetero) is 1. The van der Waals surface area contributed by atoms with Crippen molar-refractivity contribution in [3.63, 3.8) is 0 Å². The minimum absolute atomic E-state index is 0.0666. The Labute approximate surface area is 211 Å². The van der Waals surface area contributed by atoms with Crippen molar-refractivity contribution < 1.29 is 24.9 Å². The van der Waals surface area contributed by atoms with Gasteiger partial charge in [0.1, 0.15) is 11.9 Å². The highest BCUT2D eigenvalue weighted by molar-refractivity contribution is 5.85. The van der Waals surface area contributed by atoms with Gasteiger partial charge >= 0.3 is 0 Å². The second-order valence-electron chi connectivity index (χ2n) is 14.8. The van der Waals surface area contributed by atoms with Gasteiger partial charge in [0.15, 0.2) is 0 Å². The van der Waals surface area contributed by atoms with E-state index in [1.807, 2.05) is 0 Å². The second-order valence-corrected chi connectivity index (χ2v) is 14.8. The summed E-state index contributed by atoms with van der Waals surface area (Å²) in [6, 6.07) is 0. The van der Waals surface area contributed by atoms with E-state index in [4.69, 9.17) is 4.74 Å². The molecule has 5 rings (SSSR count). The number of fused-ring (bicyclic) bond motifs is 6. The van der Waals surface area contributed by atoms with Crippen LogP contribution in [0.1, 0.15) is 100 Å². The molecular formula is C30H48O5. The highest BCUT2D eigenvalue weighted by atomic mass is 16.5. The molecule has 198 valence electrons. The summed E-state index contributed by atoms with van der Waals surface area (Å²) >= 11 is 0. The van der Waals surface area contributed by atoms with E-state index >= 15 is 0 Å². The van der Waals surface area contributed by atoms with Crippen molar-refractivity contribution in [3.8, 4) is 0 Å². The fourth-order valence-corrected chi connectivity index (χ4v) is 10.3. The Balaban J connectivity index is 1.53. The van der Waals surface area contributed by atoms with Crippen LogP contribution in [0.3, 0.4) is 0 Å². The Hall–Kier alpha value is -0.750. The van der Waals surface area contributed by atoms with Gasteiger partial charge in [0.2, 0.25) is 0 Å². The van der Waals surface area contributed by atoms with E-state index in [-0.39, 0.29) is 39.6 Å². The van der Waals surface area contributed by atoms with E-state index in [0.29, 0.717) is 31.0 Å². The molecule has 35 heavy (non-hydrogen) atoms. The lowest BCUT2D eigenvalue weighted by atomic mass is 9.36. The molecular weight excluding hydrogens is 440 g/mol. The third-order valence-corrected chi connectivity index (χ3v) is 12.2. The first kappa shape index (κ1) is 25.9. The summed E-state index contributed by atoms with van der Waals surface area (Å²) in [5, 5.41) is 33.1. The number of hydrogen-bond donors (Lipinski definition) is 3. The molecule has 5 heteroatoms. The Morgan fingerprint density at radius 1 is 1.11 bits per heavy atom. The van der Waals surface area contributed by atoms with E-state index in [1.54, 1.807) is 13.8 Å². The van der Waals surface area contributed by atoms with Crippen molar-refractivity contribution in [2.45, 2.75) is 130 Å². The molecule has 0 amide bonds. The maximum Gasteiger partial charge on any atom is 0.138 e. The summed E-state index contributed by atoms with van der Waals surface area (Å²) < 4.78 is 6.57. The highest BCUT2D eigenvalue weighted by Crippen LogP contribution is 2.74. The quantitative estimate of drug-likeness (QED) is 0.486. The third-order valence-electron chi connectivity index (χ3n) is 12.2. The summed E-state index contributed by atoms with van der Waals surface area (Å²) in [4.78, 5) is 12.9. The zero-order valence-electron chi connectivity index (χ0n) is 23.1. The van der Waals surface area contributed by atoms with Gasteiger partial charge in [-0.3, -0.25) is 4.79 Å². The maximum absolute atomic E-state index is 12.9. The van der Waals surface area contributed by atoms with E-state index in [9.17, 15) is 20.1 Å². The predicted octanol–water partition coefficient (Wildman–Crippen LogP) is 4.81. The van der Waals surface area contributed by atoms with Crippen LogP contribution >= 0.6 is 0 Å². The summed E-state index contributed by atoms with van der Waals surface area (Å²) in [6.07, 6.45) is 3.95. The molecule has 0 aromatic heterocycles. The molecule has 0 bridgehead atoms. The molecule has 0 spiro atoms. The fraction of sp³-hybridized carbons (Fsp3) is 0.900. The average molecular weight is 489 g/mol. The van der Waals surface area contributed by atoms with Crippen molar-refractivity contribution in [3.05, 3.63) is 11.1 Å². The van der Waals surface area contributed by atoms with Crippen LogP contribution in [0.15, 0.2) is 11.1 Å². The standard InChI is InChI=1S/C30H48O5/c1-16-13-19(25(33)27(4,5)34)35-20-15-30(8)17(23(16)20)14-18(31)24-28(6)11-10-22(32)26(2,3)21(28)9-12-29(24,30)7/h16,18-21,24-25,31,33-34H,9-15H2,1-8H3/t16?,18?,19-,20-,21-,24-,25?,28+,29+,30+/m1/s1. The molecule has 0 aromatic carbocycles. The molecule has 0 aromatic rings. The van der Waals surface area contributed by atoms with Gasteiger partial charge in [0, 0.05) is 11.8 Å². The monoisotopic (exact) mass is 488 g/mol. The van der Waals surface area contributed by atoms with Crippen molar-refractivity contribution >= 4 is 5.78 Å². The molecule has 1 aliphatic heterocycles. The minimum Gasteiger partial charge on any atom is -0.392 e. The molecule has 10 atom stereocenters. The van der Waals surface area contributed by atoms with Crippen molar-refractivity contribution in [2.24, 2.45) is 39.4 Å². The van der Waals surface area contributed by atoms with Gasteiger partial charge in [-0.2, -0.15) is 0 Å². The number of carbonyl (C=O) groups is 1. The third kappa shape index (κ3) is 3.30. The Bertz CT molecular complexity index is 945. The van der Waals surface area contributed by atoms with Gasteiger partial charge < -0.3 is 20.1 Å². The highest BCUT2D eigenvalue weighted by Gasteiger charge is 2.70. The van der Waals surface area contributed by atoms with Gasteiger partial charge in [-0.15, -0.1) is 0 Å². The summed E-state index contributed by atoms with van der Waals surface area (Å²) in [6.45, 7) is 17.0. The molecule has 4 aliphatic carbocycles. The lowest BCUT2D eigenvalue weighted by Crippen LogP contribution is -2.65. The largest absolute Gasteiger partial charge is 0.392 e. The first-order chi connectivity index (χ1) is 16.0. The zero-order chi connectivity index (χ0) is 25.9. The number of aliphatic hydroxyl groups excluding tert-OH is 2. The number of aliphatic hydroxyl groups is 3. The summed E-state index contributed by atoms with van der Waals surface area (Å²) in [7, 11) is 0. The van der Waals surface area contributed by atoms with E-state index < -0.39 is 23.9 Å². The van der Waals surface area contributed by atoms with Gasteiger partial charge in [0.05, 0.1) is 23.9 Å². The normalized spacial score (nSPS) is 50.2. The van der Waals surface area contributed by atoms with Crippen molar-refractivity contribution in [2.75, 3.05) is 0 Å². The molecule has 5 nitrogen and oxygen atoms in total. The molecule has 4 fully saturated rings. The number of carbonyl (C=O) groups excluding carboxylic acids is 1. The zero-order valence-corrected chi connectivity index (χ0v) is 23.1. The topological polar surface area (TPSA) is 87.0 Å². The number of ketones is 1. The molecule has 3 saturated carbocycles. The van der Waals surface area contributed by atoms with E-state index in [0.717, 1.165) is 25.7 Å². The van der Waals surface area contributed by atoms with Gasteiger partial charge in [-0.25, -0.2) is 0 Å². The van der Waals surface area contributed by atoms with Gasteiger partial charge in [-0.05, 0) is 91.9 Å². The first-order valence-electron chi connectivity index (χ1n) is 14.0. The summed E-state index contributed by atoms with van der Waals surface area (Å²) in [5.41, 5.74) is 0.954. The van der Waals surface area contributed by atoms with Crippen molar-refractivity contribution in [1.29, 1.82) is 0 Å². The Morgan fingerprint density at radius 2 is 1.77 bits per heavy atom. The molecule has 5 aliphatic rings. The second kappa shape index (κ2) is 7.65. The van der Waals surface area contributed by atoms with Crippen LogP contribution in [0.4, 0.5) is 0 Å². The summed E-state index contributed by atoms with van der Waals surface area (Å²) in [5.74, 6) is 1.07. The van der Waals surface area contributed by atoms with Crippen LogP contribution < -0.4 is 0 Å². The molecule has 0 radical (unpaired) electrons. The Morgan fingerprint density at radius 3 is 2.40 bits per heavy atom. The SMILES string of the molecule is CC1C[C@H](C(O)C(C)(C)O)O[C@@H]2C[C@@]3(C)C(=C12)CC(O)[C@@H]1[C@@]2(C)CCC(=O)C(C)(C)[C@H]2CC[C@@]13C. The van der Waals surface area contributed by atoms with E-state index in [2.05, 4.69) is 41.5 Å². The smallest absolute Gasteiger partial charge is 0.138 e. The number of rotatable bonds is 2. The lowest BCUT2D eigenvalue weighted by molar-refractivity contribution is -0.212. The fourth-order valence-electron chi connectivity index (χ4n) is 10.3. The van der Waals surface area contributed by atoms with Gasteiger partial charge in [-0.1, -0.05) is 47.1 Å². The maximum atomic E-state index is 12.9. The minimum atomic E-state index is -1.21. The average Bonchev–Trinajstić information content (AvgIpc) is 3.03. The molecule has 1 heterocycles. The van der Waals surface area contributed by atoms with Gasteiger partial charge in [0.25, 0.3) is 0 Å². The molecule has 3 unspecified atom stereocenters.